The molecule has 6 heteroatoms. The molecular weight excluding hydrogens is 322 g/mol. The molecule has 1 aliphatic heterocycles. The van der Waals surface area contributed by atoms with E-state index in [1.54, 1.807) is 17.2 Å². The molecule has 0 unspecified atom stereocenters. The van der Waals surface area contributed by atoms with E-state index in [4.69, 9.17) is 0 Å². The smallest absolute Gasteiger partial charge is 0.261 e. The van der Waals surface area contributed by atoms with Crippen LogP contribution in [0, 0.1) is 5.92 Å². The molecule has 2 aromatic rings. The molecule has 0 spiro atoms. The fourth-order valence-corrected chi connectivity index (χ4v) is 3.85. The summed E-state index contributed by atoms with van der Waals surface area (Å²) in [6.07, 6.45) is 3.64. The van der Waals surface area contributed by atoms with Crippen LogP contribution in [0.5, 0.6) is 0 Å². The molecule has 2 amide bonds. The van der Waals surface area contributed by atoms with E-state index in [9.17, 15) is 9.59 Å². The highest BCUT2D eigenvalue weighted by molar-refractivity contribution is 7.99. The Bertz CT molecular complexity index is 833. The summed E-state index contributed by atoms with van der Waals surface area (Å²) in [5.74, 6) is 0.199. The zero-order valence-corrected chi connectivity index (χ0v) is 14.1. The summed E-state index contributed by atoms with van der Waals surface area (Å²) in [6, 6.07) is 9.28. The van der Waals surface area contributed by atoms with Crippen LogP contribution in [0.1, 0.15) is 30.1 Å². The van der Waals surface area contributed by atoms with Crippen LogP contribution in [-0.2, 0) is 4.79 Å². The maximum atomic E-state index is 12.8. The maximum absolute atomic E-state index is 12.8. The van der Waals surface area contributed by atoms with Crippen molar-refractivity contribution >= 4 is 35.0 Å². The molecule has 2 aliphatic rings. The van der Waals surface area contributed by atoms with Gasteiger partial charge in [-0.05, 0) is 50.1 Å². The van der Waals surface area contributed by atoms with Gasteiger partial charge < -0.3 is 10.2 Å². The molecule has 2 heterocycles. The van der Waals surface area contributed by atoms with E-state index < -0.39 is 0 Å². The first kappa shape index (κ1) is 15.2. The number of nitrogens with one attached hydrogen (secondary N) is 1. The van der Waals surface area contributed by atoms with Gasteiger partial charge in [-0.1, -0.05) is 11.8 Å². The Morgan fingerprint density at radius 3 is 2.96 bits per heavy atom. The second kappa shape index (κ2) is 5.94. The van der Waals surface area contributed by atoms with E-state index in [1.807, 2.05) is 31.2 Å². The van der Waals surface area contributed by atoms with Gasteiger partial charge in [0.05, 0.1) is 11.3 Å². The lowest BCUT2D eigenvalue weighted by Gasteiger charge is -2.21. The maximum Gasteiger partial charge on any atom is 0.261 e. The Balaban J connectivity index is 1.74. The summed E-state index contributed by atoms with van der Waals surface area (Å²) in [5.41, 5.74) is 2.24. The lowest BCUT2D eigenvalue weighted by atomic mass is 10.2. The molecule has 1 aromatic heterocycles. The first-order chi connectivity index (χ1) is 11.7. The number of carbonyl (C=O) groups is 2. The van der Waals surface area contributed by atoms with Crippen molar-refractivity contribution < 1.29 is 9.59 Å². The van der Waals surface area contributed by atoms with E-state index in [0.717, 1.165) is 29.1 Å². The summed E-state index contributed by atoms with van der Waals surface area (Å²) in [4.78, 5) is 31.8. The van der Waals surface area contributed by atoms with Crippen LogP contribution in [0.2, 0.25) is 0 Å². The van der Waals surface area contributed by atoms with Crippen molar-refractivity contribution in [2.45, 2.75) is 29.7 Å². The first-order valence-corrected chi connectivity index (χ1v) is 8.88. The normalized spacial score (nSPS) is 16.2. The Kier molecular flexibility index (Phi) is 3.76. The van der Waals surface area contributed by atoms with Gasteiger partial charge in [0.25, 0.3) is 5.91 Å². The third-order valence-corrected chi connectivity index (χ3v) is 5.30. The zero-order valence-electron chi connectivity index (χ0n) is 13.3. The lowest BCUT2D eigenvalue weighted by molar-refractivity contribution is -0.117. The number of fused-ring (bicyclic) bond motifs is 2. The van der Waals surface area contributed by atoms with Crippen molar-refractivity contribution in [2.75, 3.05) is 16.8 Å². The second-order valence-corrected chi connectivity index (χ2v) is 6.98. The molecule has 1 aliphatic carbocycles. The van der Waals surface area contributed by atoms with Gasteiger partial charge in [-0.3, -0.25) is 9.59 Å². The summed E-state index contributed by atoms with van der Waals surface area (Å²) >= 11 is 1.47. The van der Waals surface area contributed by atoms with Crippen LogP contribution < -0.4 is 10.2 Å². The van der Waals surface area contributed by atoms with E-state index >= 15 is 0 Å². The lowest BCUT2D eigenvalue weighted by Crippen LogP contribution is -2.30. The zero-order chi connectivity index (χ0) is 16.7. The molecule has 5 nitrogen and oxygen atoms in total. The third-order valence-electron chi connectivity index (χ3n) is 4.24. The highest BCUT2D eigenvalue weighted by Gasteiger charge is 2.30. The number of anilines is 2. The van der Waals surface area contributed by atoms with Gasteiger partial charge in [-0.15, -0.1) is 0 Å². The minimum absolute atomic E-state index is 0.0402. The minimum atomic E-state index is -0.0402. The number of rotatable bonds is 3. The van der Waals surface area contributed by atoms with Gasteiger partial charge in [0.15, 0.2) is 0 Å². The third kappa shape index (κ3) is 2.67. The van der Waals surface area contributed by atoms with Crippen LogP contribution >= 0.6 is 11.8 Å². The van der Waals surface area contributed by atoms with E-state index in [1.165, 1.54) is 11.8 Å². The van der Waals surface area contributed by atoms with Crippen LogP contribution in [0.25, 0.3) is 0 Å². The molecule has 1 fully saturated rings. The number of benzene rings is 1. The van der Waals surface area contributed by atoms with Crippen LogP contribution in [0.15, 0.2) is 46.5 Å². The van der Waals surface area contributed by atoms with Crippen molar-refractivity contribution in [3.8, 4) is 0 Å². The van der Waals surface area contributed by atoms with Gasteiger partial charge in [0.1, 0.15) is 5.03 Å². The molecule has 24 heavy (non-hydrogen) atoms. The van der Waals surface area contributed by atoms with Gasteiger partial charge >= 0.3 is 0 Å². The fraction of sp³-hybridized carbons (Fsp3) is 0.278. The number of pyridine rings is 1. The molecule has 0 saturated heterocycles. The van der Waals surface area contributed by atoms with Gasteiger partial charge in [-0.2, -0.15) is 0 Å². The first-order valence-electron chi connectivity index (χ1n) is 8.07. The van der Waals surface area contributed by atoms with Crippen LogP contribution in [0.4, 0.5) is 11.4 Å². The van der Waals surface area contributed by atoms with Gasteiger partial charge in [0, 0.05) is 29.2 Å². The molecule has 0 atom stereocenters. The predicted molar refractivity (Wildman–Crippen MR) is 93.5 cm³/mol. The SMILES string of the molecule is CCN1C(=O)c2cccnc2Sc2cc(NC(=O)C3CC3)ccc21. The van der Waals surface area contributed by atoms with Gasteiger partial charge in [0.2, 0.25) is 5.91 Å². The Hall–Kier alpha value is -2.34. The quantitative estimate of drug-likeness (QED) is 0.929. The number of hydrogen-bond acceptors (Lipinski definition) is 4. The van der Waals surface area contributed by atoms with Crippen LogP contribution in [-0.4, -0.2) is 23.3 Å². The Labute approximate surface area is 144 Å². The van der Waals surface area contributed by atoms with E-state index in [-0.39, 0.29) is 17.7 Å². The fourth-order valence-electron chi connectivity index (χ4n) is 2.79. The van der Waals surface area contributed by atoms with Crippen molar-refractivity contribution in [3.05, 3.63) is 42.1 Å². The molecule has 1 aromatic carbocycles. The van der Waals surface area contributed by atoms with E-state index in [2.05, 4.69) is 10.3 Å². The van der Waals surface area contributed by atoms with Crippen LogP contribution in [0.3, 0.4) is 0 Å². The highest BCUT2D eigenvalue weighted by Crippen LogP contribution is 2.41. The molecule has 1 N–H and O–H groups in total. The summed E-state index contributed by atoms with van der Waals surface area (Å²) in [7, 11) is 0. The number of carbonyl (C=O) groups excluding carboxylic acids is 2. The number of amides is 2. The molecule has 0 radical (unpaired) electrons. The average molecular weight is 339 g/mol. The monoisotopic (exact) mass is 339 g/mol. The number of aromatic nitrogens is 1. The predicted octanol–water partition coefficient (Wildman–Crippen LogP) is 3.56. The van der Waals surface area contributed by atoms with Crippen molar-refractivity contribution in [3.63, 3.8) is 0 Å². The standard InChI is InChI=1S/C18H17N3O2S/c1-2-21-14-8-7-12(20-16(22)11-5-6-11)10-15(14)24-17-13(18(21)23)4-3-9-19-17/h3-4,7-11H,2,5-6H2,1H3,(H,20,22). The van der Waals surface area contributed by atoms with Crippen molar-refractivity contribution in [2.24, 2.45) is 5.92 Å². The number of hydrogen-bond donors (Lipinski definition) is 1. The molecular formula is C18H17N3O2S. The highest BCUT2D eigenvalue weighted by atomic mass is 32.2. The van der Waals surface area contributed by atoms with Gasteiger partial charge in [-0.25, -0.2) is 4.98 Å². The topological polar surface area (TPSA) is 62.3 Å². The summed E-state index contributed by atoms with van der Waals surface area (Å²) < 4.78 is 0. The second-order valence-electron chi connectivity index (χ2n) is 5.95. The molecule has 122 valence electrons. The summed E-state index contributed by atoms with van der Waals surface area (Å²) in [5, 5.41) is 3.67. The Morgan fingerprint density at radius 1 is 1.38 bits per heavy atom. The summed E-state index contributed by atoms with van der Waals surface area (Å²) in [6.45, 7) is 2.53. The largest absolute Gasteiger partial charge is 0.326 e. The minimum Gasteiger partial charge on any atom is -0.326 e. The van der Waals surface area contributed by atoms with Crippen molar-refractivity contribution in [1.29, 1.82) is 0 Å². The Morgan fingerprint density at radius 2 is 2.21 bits per heavy atom. The molecule has 1 saturated carbocycles. The molecule has 0 bridgehead atoms. The molecule has 4 rings (SSSR count). The average Bonchev–Trinajstić information content (AvgIpc) is 3.42. The van der Waals surface area contributed by atoms with Crippen molar-refractivity contribution in [1.82, 2.24) is 4.98 Å². The van der Waals surface area contributed by atoms with E-state index in [0.29, 0.717) is 17.1 Å². The number of nitrogens with zero attached hydrogens (tertiary/aromatic N) is 2.